The van der Waals surface area contributed by atoms with Crippen molar-refractivity contribution in [2.45, 2.75) is 0 Å². The van der Waals surface area contributed by atoms with E-state index in [9.17, 15) is 18.0 Å². The van der Waals surface area contributed by atoms with E-state index in [2.05, 4.69) is 5.32 Å². The van der Waals surface area contributed by atoms with Crippen molar-refractivity contribution in [2.75, 3.05) is 6.54 Å². The minimum absolute atomic E-state index is 0.00345. The molecule has 0 aromatic heterocycles. The number of carbonyl (C=O) groups is 1. The van der Waals surface area contributed by atoms with E-state index < -0.39 is 29.0 Å². The Bertz CT molecular complexity index is 883. The topological polar surface area (TPSA) is 49.3 Å². The highest BCUT2D eigenvalue weighted by atomic mass is 19.1. The van der Waals surface area contributed by atoms with Crippen molar-refractivity contribution in [3.63, 3.8) is 0 Å². The van der Waals surface area contributed by atoms with Crippen LogP contribution in [0.3, 0.4) is 0 Å². The van der Waals surface area contributed by atoms with Gasteiger partial charge in [-0.15, -0.1) is 0 Å². The van der Waals surface area contributed by atoms with Gasteiger partial charge in [0.1, 0.15) is 17.5 Å². The van der Waals surface area contributed by atoms with Crippen LogP contribution in [-0.2, 0) is 0 Å². The van der Waals surface area contributed by atoms with Gasteiger partial charge in [-0.1, -0.05) is 12.1 Å². The molecule has 0 radical (unpaired) electrons. The molecule has 0 aliphatic carbocycles. The summed E-state index contributed by atoms with van der Waals surface area (Å²) in [4.78, 5) is 11.1. The summed E-state index contributed by atoms with van der Waals surface area (Å²) >= 11 is 0. The van der Waals surface area contributed by atoms with Crippen molar-refractivity contribution in [1.82, 2.24) is 5.32 Å². The molecule has 2 N–H and O–H groups in total. The summed E-state index contributed by atoms with van der Waals surface area (Å²) in [6, 6.07) is 5.49. The Morgan fingerprint density at radius 2 is 1.77 bits per heavy atom. The summed E-state index contributed by atoms with van der Waals surface area (Å²) in [7, 11) is 0. The van der Waals surface area contributed by atoms with Crippen LogP contribution >= 0.6 is 0 Å². The van der Waals surface area contributed by atoms with E-state index >= 15 is 0 Å². The van der Waals surface area contributed by atoms with Gasteiger partial charge in [0.25, 0.3) is 0 Å². The van der Waals surface area contributed by atoms with Crippen molar-refractivity contribution in [3.8, 4) is 0 Å². The van der Waals surface area contributed by atoms with Crippen LogP contribution in [0.2, 0.25) is 0 Å². The predicted molar refractivity (Wildman–Crippen MR) is 73.9 cm³/mol. The SMILES string of the molecule is O=C(O)c1ccc2c(c1)=C(c1c(F)cc(F)cc1F)NCC=2. The zero-order chi connectivity index (χ0) is 15.9. The third-order valence-electron chi connectivity index (χ3n) is 3.43. The molecular weight excluding hydrogens is 295 g/mol. The largest absolute Gasteiger partial charge is 0.478 e. The quantitative estimate of drug-likeness (QED) is 0.880. The van der Waals surface area contributed by atoms with Crippen molar-refractivity contribution < 1.29 is 23.1 Å². The normalized spacial score (nSPS) is 13.1. The average molecular weight is 305 g/mol. The maximum atomic E-state index is 14.0. The number of carboxylic acid groups (broad SMARTS) is 1. The summed E-state index contributed by atoms with van der Waals surface area (Å²) < 4.78 is 41.0. The van der Waals surface area contributed by atoms with Crippen LogP contribution in [-0.4, -0.2) is 17.6 Å². The molecule has 6 heteroatoms. The zero-order valence-electron chi connectivity index (χ0n) is 11.2. The average Bonchev–Trinajstić information content (AvgIpc) is 2.45. The van der Waals surface area contributed by atoms with Crippen molar-refractivity contribution in [1.29, 1.82) is 0 Å². The number of carboxylic acids is 1. The van der Waals surface area contributed by atoms with Gasteiger partial charge < -0.3 is 10.4 Å². The van der Waals surface area contributed by atoms with E-state index in [1.54, 1.807) is 12.1 Å². The van der Waals surface area contributed by atoms with Gasteiger partial charge in [-0.25, -0.2) is 18.0 Å². The first-order valence-corrected chi connectivity index (χ1v) is 6.44. The summed E-state index contributed by atoms with van der Waals surface area (Å²) in [6.45, 7) is 0.324. The number of hydrogen-bond donors (Lipinski definition) is 2. The Balaban J connectivity index is 2.38. The number of hydrogen-bond acceptors (Lipinski definition) is 2. The summed E-state index contributed by atoms with van der Waals surface area (Å²) in [5.74, 6) is -4.25. The van der Waals surface area contributed by atoms with Crippen LogP contribution in [0, 0.1) is 17.5 Å². The standard InChI is InChI=1S/C16H10F3NO2/c17-10-6-12(18)14(13(19)7-10)15-11-5-9(16(21)22)2-1-8(11)3-4-20-15/h1-3,5-7,20H,4H2,(H,21,22). The second kappa shape index (κ2) is 5.22. The summed E-state index contributed by atoms with van der Waals surface area (Å²) in [5, 5.41) is 12.9. The highest BCUT2D eigenvalue weighted by Gasteiger charge is 2.18. The molecule has 0 saturated heterocycles. The minimum atomic E-state index is -1.15. The van der Waals surface area contributed by atoms with E-state index in [0.717, 1.165) is 0 Å². The van der Waals surface area contributed by atoms with Crippen LogP contribution in [0.25, 0.3) is 11.8 Å². The molecular formula is C16H10F3NO2. The number of benzene rings is 2. The maximum absolute atomic E-state index is 14.0. The van der Waals surface area contributed by atoms with E-state index in [1.165, 1.54) is 12.1 Å². The van der Waals surface area contributed by atoms with E-state index in [-0.39, 0.29) is 11.3 Å². The van der Waals surface area contributed by atoms with E-state index in [1.807, 2.05) is 0 Å². The second-order valence-electron chi connectivity index (χ2n) is 4.81. The lowest BCUT2D eigenvalue weighted by Crippen LogP contribution is -2.39. The molecule has 1 aliphatic rings. The number of fused-ring (bicyclic) bond motifs is 1. The highest BCUT2D eigenvalue weighted by Crippen LogP contribution is 2.20. The van der Waals surface area contributed by atoms with Gasteiger partial charge in [0, 0.05) is 23.9 Å². The molecule has 0 fully saturated rings. The third-order valence-corrected chi connectivity index (χ3v) is 3.43. The molecule has 0 unspecified atom stereocenters. The molecule has 0 atom stereocenters. The fourth-order valence-corrected chi connectivity index (χ4v) is 2.45. The number of halogens is 3. The molecule has 2 aromatic rings. The highest BCUT2D eigenvalue weighted by molar-refractivity contribution is 5.88. The van der Waals surface area contributed by atoms with Gasteiger partial charge in [0.15, 0.2) is 0 Å². The Kier molecular flexibility index (Phi) is 3.36. The molecule has 0 amide bonds. The Labute approximate surface area is 123 Å². The van der Waals surface area contributed by atoms with Gasteiger partial charge in [0.2, 0.25) is 0 Å². The molecule has 0 spiro atoms. The molecule has 112 valence electrons. The fourth-order valence-electron chi connectivity index (χ4n) is 2.45. The lowest BCUT2D eigenvalue weighted by molar-refractivity contribution is 0.0696. The van der Waals surface area contributed by atoms with Gasteiger partial charge in [-0.05, 0) is 17.4 Å². The third kappa shape index (κ3) is 2.32. The molecule has 22 heavy (non-hydrogen) atoms. The summed E-state index contributed by atoms with van der Waals surface area (Å²) in [5.41, 5.74) is -0.301. The number of aromatic carboxylic acids is 1. The van der Waals surface area contributed by atoms with Gasteiger partial charge in [0.05, 0.1) is 16.8 Å². The van der Waals surface area contributed by atoms with Gasteiger partial charge in [-0.2, -0.15) is 0 Å². The molecule has 0 saturated carbocycles. The molecule has 3 nitrogen and oxygen atoms in total. The lowest BCUT2D eigenvalue weighted by atomic mass is 10.0. The number of nitrogens with one attached hydrogen (secondary N) is 1. The maximum Gasteiger partial charge on any atom is 0.335 e. The van der Waals surface area contributed by atoms with Crippen LogP contribution < -0.4 is 15.8 Å². The molecule has 0 bridgehead atoms. The van der Waals surface area contributed by atoms with Gasteiger partial charge in [-0.3, -0.25) is 0 Å². The molecule has 1 aliphatic heterocycles. The molecule has 3 rings (SSSR count). The van der Waals surface area contributed by atoms with Crippen LogP contribution in [0.4, 0.5) is 13.2 Å². The van der Waals surface area contributed by atoms with E-state index in [4.69, 9.17) is 5.11 Å². The minimum Gasteiger partial charge on any atom is -0.478 e. The van der Waals surface area contributed by atoms with Crippen molar-refractivity contribution in [3.05, 3.63) is 69.3 Å². The number of rotatable bonds is 2. The Morgan fingerprint density at radius 3 is 2.41 bits per heavy atom. The first-order chi connectivity index (χ1) is 10.5. The smallest absolute Gasteiger partial charge is 0.335 e. The zero-order valence-corrected chi connectivity index (χ0v) is 11.2. The van der Waals surface area contributed by atoms with Crippen LogP contribution in [0.1, 0.15) is 15.9 Å². The van der Waals surface area contributed by atoms with Gasteiger partial charge >= 0.3 is 5.97 Å². The Morgan fingerprint density at radius 1 is 1.09 bits per heavy atom. The van der Waals surface area contributed by atoms with Crippen LogP contribution in [0.5, 0.6) is 0 Å². The first kappa shape index (κ1) is 14.2. The fraction of sp³-hybridized carbons (Fsp3) is 0.0625. The lowest BCUT2D eigenvalue weighted by Gasteiger charge is -2.16. The Hall–Kier alpha value is -2.76. The van der Waals surface area contributed by atoms with Crippen molar-refractivity contribution >= 4 is 17.7 Å². The second-order valence-corrected chi connectivity index (χ2v) is 4.81. The summed E-state index contributed by atoms with van der Waals surface area (Å²) in [6.07, 6.45) is 1.77. The monoisotopic (exact) mass is 305 g/mol. The van der Waals surface area contributed by atoms with E-state index in [0.29, 0.717) is 29.1 Å². The molecule has 1 heterocycles. The molecule has 2 aromatic carbocycles. The van der Waals surface area contributed by atoms with Crippen LogP contribution in [0.15, 0.2) is 30.3 Å². The first-order valence-electron chi connectivity index (χ1n) is 6.44. The van der Waals surface area contributed by atoms with Crippen molar-refractivity contribution in [2.24, 2.45) is 0 Å². The predicted octanol–water partition coefficient (Wildman–Crippen LogP) is 1.34.